The van der Waals surface area contributed by atoms with Crippen LogP contribution < -0.4 is 0 Å². The summed E-state index contributed by atoms with van der Waals surface area (Å²) in [6.45, 7) is 1.60. The Morgan fingerprint density at radius 3 is 2.61 bits per heavy atom. The molecular weight excluding hydrogens is 296 g/mol. The van der Waals surface area contributed by atoms with Crippen LogP contribution in [0.4, 0.5) is 0 Å². The van der Waals surface area contributed by atoms with E-state index in [-0.39, 0.29) is 5.76 Å². The Kier molecular flexibility index (Phi) is 5.09. The smallest absolute Gasteiger partial charge is 0.334 e. The van der Waals surface area contributed by atoms with Crippen LogP contribution in [0.3, 0.4) is 0 Å². The molecule has 1 aromatic rings. The number of rotatable bonds is 5. The highest BCUT2D eigenvalue weighted by atomic mass is 16.9. The van der Waals surface area contributed by atoms with E-state index in [2.05, 4.69) is 10.7 Å². The Bertz CT molecular complexity index is 631. The highest BCUT2D eigenvalue weighted by Crippen LogP contribution is 2.42. The minimum absolute atomic E-state index is 0.215. The van der Waals surface area contributed by atoms with E-state index in [4.69, 9.17) is 20.6 Å². The normalized spacial score (nSPS) is 28.2. The second-order valence-electron chi connectivity index (χ2n) is 5.26. The molecule has 0 N–H and O–H groups in total. The summed E-state index contributed by atoms with van der Waals surface area (Å²) in [7, 11) is 2.73. The molecule has 5 nitrogen and oxygen atoms in total. The van der Waals surface area contributed by atoms with Gasteiger partial charge in [0, 0.05) is 14.0 Å². The van der Waals surface area contributed by atoms with Crippen molar-refractivity contribution in [2.75, 3.05) is 14.2 Å². The predicted molar refractivity (Wildman–Crippen MR) is 84.0 cm³/mol. The van der Waals surface area contributed by atoms with E-state index in [0.29, 0.717) is 12.8 Å². The van der Waals surface area contributed by atoms with Crippen molar-refractivity contribution in [2.45, 2.75) is 31.3 Å². The minimum atomic E-state index is -1.34. The summed E-state index contributed by atoms with van der Waals surface area (Å²) in [5, 5.41) is 0. The molecule has 0 aliphatic carbocycles. The predicted octanol–water partition coefficient (Wildman–Crippen LogP) is 2.42. The summed E-state index contributed by atoms with van der Waals surface area (Å²) < 4.78 is 21.4. The fraction of sp³-hybridized carbons (Fsp3) is 0.389. The molecule has 2 atom stereocenters. The van der Waals surface area contributed by atoms with E-state index < -0.39 is 17.5 Å². The summed E-state index contributed by atoms with van der Waals surface area (Å²) >= 11 is 0. The number of hydrogen-bond acceptors (Lipinski definition) is 5. The van der Waals surface area contributed by atoms with Crippen LogP contribution in [0, 0.1) is 12.3 Å². The van der Waals surface area contributed by atoms with Crippen molar-refractivity contribution >= 4 is 5.97 Å². The highest BCUT2D eigenvalue weighted by molar-refractivity contribution is 5.83. The molecule has 0 radical (unpaired) electrons. The fourth-order valence-corrected chi connectivity index (χ4v) is 2.38. The van der Waals surface area contributed by atoms with Gasteiger partial charge in [-0.2, -0.15) is 0 Å². The molecule has 23 heavy (non-hydrogen) atoms. The Morgan fingerprint density at radius 2 is 2.04 bits per heavy atom. The monoisotopic (exact) mass is 316 g/mol. The van der Waals surface area contributed by atoms with Gasteiger partial charge in [0.2, 0.25) is 0 Å². The Labute approximate surface area is 136 Å². The molecule has 1 heterocycles. The lowest BCUT2D eigenvalue weighted by Crippen LogP contribution is -2.35. The molecular formula is C18H20O5. The molecule has 0 amide bonds. The molecule has 0 saturated carbocycles. The van der Waals surface area contributed by atoms with Crippen LogP contribution in [0.25, 0.3) is 0 Å². The standard InChI is InChI=1S/C18H20O5/c1-5-18(12-11-14-9-7-6-8-10-14)15(13-16(19)20-3)22-17(2,21-4)23-18/h1,6-10,13H,11-12H2,2-4H3/b15-13+/t17-,18-/m1/s1. The van der Waals surface area contributed by atoms with Gasteiger partial charge in [-0.1, -0.05) is 36.3 Å². The number of benzene rings is 1. The number of carbonyl (C=O) groups excluding carboxylic acids is 1. The fourth-order valence-electron chi connectivity index (χ4n) is 2.38. The Balaban J connectivity index is 2.29. The summed E-state index contributed by atoms with van der Waals surface area (Å²) in [6.07, 6.45) is 8.02. The molecule has 0 spiro atoms. The minimum Gasteiger partial charge on any atom is -0.466 e. The van der Waals surface area contributed by atoms with Gasteiger partial charge in [0.1, 0.15) is 0 Å². The largest absolute Gasteiger partial charge is 0.466 e. The van der Waals surface area contributed by atoms with Gasteiger partial charge in [0.25, 0.3) is 0 Å². The van der Waals surface area contributed by atoms with Crippen molar-refractivity contribution < 1.29 is 23.7 Å². The van der Waals surface area contributed by atoms with Crippen LogP contribution in [-0.2, 0) is 30.2 Å². The molecule has 1 fully saturated rings. The Morgan fingerprint density at radius 1 is 1.35 bits per heavy atom. The Hall–Kier alpha value is -2.29. The summed E-state index contributed by atoms with van der Waals surface area (Å²) in [6, 6.07) is 9.85. The summed E-state index contributed by atoms with van der Waals surface area (Å²) in [4.78, 5) is 11.6. The topological polar surface area (TPSA) is 54.0 Å². The van der Waals surface area contributed by atoms with E-state index in [0.717, 1.165) is 5.56 Å². The first kappa shape index (κ1) is 17.1. The summed E-state index contributed by atoms with van der Waals surface area (Å²) in [5.41, 5.74) is -0.0800. The van der Waals surface area contributed by atoms with E-state index >= 15 is 0 Å². The van der Waals surface area contributed by atoms with Crippen molar-refractivity contribution in [3.8, 4) is 12.3 Å². The van der Waals surface area contributed by atoms with Gasteiger partial charge in [0.05, 0.1) is 13.2 Å². The third-order valence-corrected chi connectivity index (χ3v) is 3.72. The maximum atomic E-state index is 11.6. The van der Waals surface area contributed by atoms with E-state index in [9.17, 15) is 4.79 Å². The molecule has 1 saturated heterocycles. The lowest BCUT2D eigenvalue weighted by Gasteiger charge is -2.24. The molecule has 5 heteroatoms. The maximum Gasteiger partial charge on any atom is 0.334 e. The molecule has 0 bridgehead atoms. The van der Waals surface area contributed by atoms with Crippen LogP contribution in [0.2, 0.25) is 0 Å². The maximum absolute atomic E-state index is 11.6. The summed E-state index contributed by atoms with van der Waals surface area (Å²) in [5.74, 6) is 0.918. The quantitative estimate of drug-likeness (QED) is 0.474. The molecule has 1 aromatic carbocycles. The number of terminal acetylenes is 1. The van der Waals surface area contributed by atoms with Crippen LogP contribution in [0.5, 0.6) is 0 Å². The lowest BCUT2D eigenvalue weighted by molar-refractivity contribution is -0.315. The van der Waals surface area contributed by atoms with E-state index in [1.165, 1.54) is 20.3 Å². The average molecular weight is 316 g/mol. The van der Waals surface area contributed by atoms with Gasteiger partial charge < -0.3 is 14.2 Å². The van der Waals surface area contributed by atoms with Crippen LogP contribution in [0.15, 0.2) is 42.2 Å². The third-order valence-electron chi connectivity index (χ3n) is 3.72. The molecule has 1 aliphatic rings. The molecule has 122 valence electrons. The molecule has 0 aromatic heterocycles. The number of ether oxygens (including phenoxy) is 4. The number of aryl methyl sites for hydroxylation is 1. The second-order valence-corrected chi connectivity index (χ2v) is 5.26. The second kappa shape index (κ2) is 6.86. The van der Waals surface area contributed by atoms with Crippen molar-refractivity contribution in [2.24, 2.45) is 0 Å². The van der Waals surface area contributed by atoms with Gasteiger partial charge in [-0.05, 0) is 18.4 Å². The lowest BCUT2D eigenvalue weighted by atomic mass is 9.93. The van der Waals surface area contributed by atoms with E-state index in [1.807, 2.05) is 30.3 Å². The number of methoxy groups -OCH3 is 2. The zero-order valence-corrected chi connectivity index (χ0v) is 13.5. The van der Waals surface area contributed by atoms with E-state index in [1.54, 1.807) is 6.92 Å². The number of esters is 1. The van der Waals surface area contributed by atoms with Crippen molar-refractivity contribution in [1.82, 2.24) is 0 Å². The third kappa shape index (κ3) is 3.73. The van der Waals surface area contributed by atoms with Crippen LogP contribution >= 0.6 is 0 Å². The zero-order chi connectivity index (χ0) is 16.9. The highest BCUT2D eigenvalue weighted by Gasteiger charge is 2.52. The van der Waals surface area contributed by atoms with Crippen molar-refractivity contribution in [3.63, 3.8) is 0 Å². The first-order chi connectivity index (χ1) is 11.0. The zero-order valence-electron chi connectivity index (χ0n) is 13.5. The molecule has 2 rings (SSSR count). The van der Waals surface area contributed by atoms with Gasteiger partial charge in [-0.15, -0.1) is 6.42 Å². The number of hydrogen-bond donors (Lipinski definition) is 0. The van der Waals surface area contributed by atoms with Crippen molar-refractivity contribution in [3.05, 3.63) is 47.7 Å². The SMILES string of the molecule is C#C[C@]1(CCc2ccccc2)O[C@](C)(OC)O/C1=C/C(=O)OC. The molecule has 0 unspecified atom stereocenters. The van der Waals surface area contributed by atoms with Crippen LogP contribution in [0.1, 0.15) is 18.9 Å². The van der Waals surface area contributed by atoms with Gasteiger partial charge >= 0.3 is 11.9 Å². The average Bonchev–Trinajstić information content (AvgIpc) is 2.87. The van der Waals surface area contributed by atoms with Crippen molar-refractivity contribution in [1.29, 1.82) is 0 Å². The van der Waals surface area contributed by atoms with Gasteiger partial charge in [0.15, 0.2) is 11.4 Å². The first-order valence-electron chi connectivity index (χ1n) is 7.23. The van der Waals surface area contributed by atoms with Gasteiger partial charge in [-0.25, -0.2) is 4.79 Å². The molecule has 1 aliphatic heterocycles. The van der Waals surface area contributed by atoms with Crippen LogP contribution in [-0.4, -0.2) is 31.8 Å². The van der Waals surface area contributed by atoms with Gasteiger partial charge in [-0.3, -0.25) is 4.74 Å². The number of carbonyl (C=O) groups is 1. The first-order valence-corrected chi connectivity index (χ1v) is 7.23.